The van der Waals surface area contributed by atoms with Crippen molar-refractivity contribution in [1.29, 1.82) is 0 Å². The number of hydrogen-bond acceptors (Lipinski definition) is 7. The SMILES string of the molecule is CC(C)(NC(=O)OCc1ccccc1)c1cc(OC2[C@H]3CN(C(=O)c4cc(OC(F)F)c5nc(C(F)F)cn5c4)C[C@@H]23)nc(-c2ccc(F)cc2)c1. The van der Waals surface area contributed by atoms with Gasteiger partial charge in [-0.1, -0.05) is 30.3 Å². The van der Waals surface area contributed by atoms with Crippen LogP contribution in [0.2, 0.25) is 0 Å². The summed E-state index contributed by atoms with van der Waals surface area (Å²) in [6.07, 6.45) is -1.67. The number of hydrogen-bond donors (Lipinski definition) is 1. The number of alkyl halides is 4. The largest absolute Gasteiger partial charge is 0.474 e. The molecule has 5 aromatic rings. The van der Waals surface area contributed by atoms with Crippen LogP contribution in [0.25, 0.3) is 16.9 Å². The number of fused-ring (bicyclic) bond motifs is 2. The third-order valence-electron chi connectivity index (χ3n) is 9.17. The van der Waals surface area contributed by atoms with E-state index in [1.165, 1.54) is 23.2 Å². The molecule has 10 nitrogen and oxygen atoms in total. The molecule has 15 heteroatoms. The fourth-order valence-corrected chi connectivity index (χ4v) is 6.41. The molecule has 3 atom stereocenters. The van der Waals surface area contributed by atoms with E-state index in [9.17, 15) is 31.5 Å². The molecule has 1 aliphatic carbocycles. The Morgan fingerprint density at radius 1 is 0.942 bits per heavy atom. The lowest BCUT2D eigenvalue weighted by Crippen LogP contribution is -2.41. The van der Waals surface area contributed by atoms with Gasteiger partial charge in [0.25, 0.3) is 12.3 Å². The van der Waals surface area contributed by atoms with Gasteiger partial charge in [-0.25, -0.2) is 27.9 Å². The van der Waals surface area contributed by atoms with Gasteiger partial charge >= 0.3 is 12.7 Å². The van der Waals surface area contributed by atoms with Crippen molar-refractivity contribution in [2.45, 2.75) is 45.1 Å². The van der Waals surface area contributed by atoms with Crippen molar-refractivity contribution in [1.82, 2.24) is 24.6 Å². The zero-order valence-corrected chi connectivity index (χ0v) is 27.8. The Balaban J connectivity index is 1.06. The second-order valence-corrected chi connectivity index (χ2v) is 13.2. The van der Waals surface area contributed by atoms with Crippen LogP contribution in [0.5, 0.6) is 11.6 Å². The summed E-state index contributed by atoms with van der Waals surface area (Å²) in [5.74, 6) is -1.28. The maximum Gasteiger partial charge on any atom is 0.408 e. The number of pyridine rings is 2. The van der Waals surface area contributed by atoms with Crippen LogP contribution in [0, 0.1) is 17.7 Å². The van der Waals surface area contributed by atoms with E-state index in [2.05, 4.69) is 20.0 Å². The molecule has 7 rings (SSSR count). The molecule has 1 N–H and O–H groups in total. The number of nitrogens with one attached hydrogen (secondary N) is 1. The fraction of sp³-hybridized carbons (Fsp3) is 0.297. The second kappa shape index (κ2) is 13.8. The van der Waals surface area contributed by atoms with Gasteiger partial charge in [0.1, 0.15) is 24.2 Å². The Morgan fingerprint density at radius 2 is 1.65 bits per heavy atom. The van der Waals surface area contributed by atoms with E-state index in [0.29, 0.717) is 16.8 Å². The van der Waals surface area contributed by atoms with Crippen LogP contribution < -0.4 is 14.8 Å². The molecule has 2 amide bonds. The zero-order chi connectivity index (χ0) is 36.7. The molecule has 2 aromatic carbocycles. The van der Waals surface area contributed by atoms with Crippen molar-refractivity contribution < 1.29 is 45.8 Å². The molecule has 0 spiro atoms. The van der Waals surface area contributed by atoms with Gasteiger partial charge in [0.2, 0.25) is 5.88 Å². The third kappa shape index (κ3) is 7.34. The molecule has 1 saturated heterocycles. The van der Waals surface area contributed by atoms with E-state index in [1.807, 2.05) is 30.3 Å². The highest BCUT2D eigenvalue weighted by Gasteiger charge is 2.59. The summed E-state index contributed by atoms with van der Waals surface area (Å²) >= 11 is 0. The number of alkyl carbamates (subject to hydrolysis) is 1. The van der Waals surface area contributed by atoms with Gasteiger partial charge in [-0.05, 0) is 61.4 Å². The number of ether oxygens (including phenoxy) is 3. The maximum absolute atomic E-state index is 13.8. The first-order chi connectivity index (χ1) is 24.8. The monoisotopic (exact) mass is 721 g/mol. The molecular formula is C37H32F5N5O5. The summed E-state index contributed by atoms with van der Waals surface area (Å²) in [5.41, 5.74) is 0.681. The summed E-state index contributed by atoms with van der Waals surface area (Å²) in [6, 6.07) is 19.6. The molecule has 0 radical (unpaired) electrons. The van der Waals surface area contributed by atoms with Crippen molar-refractivity contribution in [2.75, 3.05) is 13.1 Å². The normalized spacial score (nSPS) is 18.1. The van der Waals surface area contributed by atoms with Gasteiger partial charge in [0.15, 0.2) is 11.4 Å². The highest BCUT2D eigenvalue weighted by Crippen LogP contribution is 2.48. The van der Waals surface area contributed by atoms with Crippen LogP contribution in [0.15, 0.2) is 85.2 Å². The van der Waals surface area contributed by atoms with Crippen LogP contribution in [-0.4, -0.2) is 57.1 Å². The van der Waals surface area contributed by atoms with Crippen LogP contribution in [-0.2, 0) is 16.9 Å². The van der Waals surface area contributed by atoms with E-state index >= 15 is 0 Å². The summed E-state index contributed by atoms with van der Waals surface area (Å²) < 4.78 is 84.0. The predicted octanol–water partition coefficient (Wildman–Crippen LogP) is 7.39. The number of benzene rings is 2. The minimum atomic E-state index is -3.26. The number of imidazole rings is 1. The predicted molar refractivity (Wildman–Crippen MR) is 177 cm³/mol. The summed E-state index contributed by atoms with van der Waals surface area (Å²) in [6.45, 7) is 0.993. The highest BCUT2D eigenvalue weighted by atomic mass is 19.3. The number of aromatic nitrogens is 3. The van der Waals surface area contributed by atoms with E-state index in [-0.39, 0.29) is 54.7 Å². The molecule has 52 heavy (non-hydrogen) atoms. The van der Waals surface area contributed by atoms with Gasteiger partial charge < -0.3 is 28.8 Å². The zero-order valence-electron chi connectivity index (χ0n) is 27.8. The number of piperidine rings is 1. The Hall–Kier alpha value is -5.73. The second-order valence-electron chi connectivity index (χ2n) is 13.2. The Bertz CT molecular complexity index is 2100. The van der Waals surface area contributed by atoms with Crippen molar-refractivity contribution in [2.24, 2.45) is 11.8 Å². The molecule has 1 unspecified atom stereocenters. The number of rotatable bonds is 11. The van der Waals surface area contributed by atoms with Crippen LogP contribution in [0.4, 0.5) is 26.7 Å². The standard InChI is InChI=1S/C37H32F5N5O5/c1-37(2,45-36(49)50-19-20-6-4-3-5-7-20)23-13-27(21-8-10-24(38)11-9-21)43-30(14-23)52-31-25-16-47(17-26(25)31)34(48)22-12-29(51-35(41)42)33-44-28(32(39)40)18-46(33)15-22/h3-15,18,25-26,31-32,35H,16-17,19H2,1-2H3,(H,45,49)/t25-,26+,31?. The van der Waals surface area contributed by atoms with Gasteiger partial charge in [-0.3, -0.25) is 4.79 Å². The van der Waals surface area contributed by atoms with Crippen molar-refractivity contribution in [3.63, 3.8) is 0 Å². The summed E-state index contributed by atoms with van der Waals surface area (Å²) in [5, 5.41) is 2.89. The number of nitrogens with zero attached hydrogens (tertiary/aromatic N) is 4. The van der Waals surface area contributed by atoms with Gasteiger partial charge in [0.05, 0.1) is 16.8 Å². The number of likely N-dealkylation sites (tertiary alicyclic amines) is 1. The Labute approximate surface area is 294 Å². The van der Waals surface area contributed by atoms with Crippen LogP contribution >= 0.6 is 0 Å². The van der Waals surface area contributed by atoms with E-state index < -0.39 is 47.8 Å². The highest BCUT2D eigenvalue weighted by molar-refractivity contribution is 5.95. The third-order valence-corrected chi connectivity index (χ3v) is 9.17. The first kappa shape index (κ1) is 34.7. The average molecular weight is 722 g/mol. The molecule has 1 saturated carbocycles. The topological polar surface area (TPSA) is 107 Å². The molecular weight excluding hydrogens is 689 g/mol. The maximum atomic E-state index is 13.8. The minimum Gasteiger partial charge on any atom is -0.474 e. The molecule has 270 valence electrons. The van der Waals surface area contributed by atoms with E-state index in [0.717, 1.165) is 22.2 Å². The van der Waals surface area contributed by atoms with Gasteiger partial charge in [-0.15, -0.1) is 0 Å². The number of halogens is 5. The van der Waals surface area contributed by atoms with Gasteiger partial charge in [-0.2, -0.15) is 8.78 Å². The summed E-state index contributed by atoms with van der Waals surface area (Å²) in [4.78, 5) is 36.2. The molecule has 2 fully saturated rings. The smallest absolute Gasteiger partial charge is 0.408 e. The lowest BCUT2D eigenvalue weighted by atomic mass is 9.93. The van der Waals surface area contributed by atoms with Crippen molar-refractivity contribution in [3.8, 4) is 22.9 Å². The number of amides is 2. The van der Waals surface area contributed by atoms with Crippen molar-refractivity contribution in [3.05, 3.63) is 113 Å². The lowest BCUT2D eigenvalue weighted by Gasteiger charge is -2.27. The lowest BCUT2D eigenvalue weighted by molar-refractivity contribution is -0.0492. The molecule has 3 aromatic heterocycles. The first-order valence-electron chi connectivity index (χ1n) is 16.3. The Kier molecular flexibility index (Phi) is 9.19. The van der Waals surface area contributed by atoms with Crippen LogP contribution in [0.3, 0.4) is 0 Å². The first-order valence-corrected chi connectivity index (χ1v) is 16.3. The molecule has 0 bridgehead atoms. The number of carbonyl (C=O) groups is 2. The molecule has 2 aliphatic rings. The average Bonchev–Trinajstić information content (AvgIpc) is 3.42. The number of carbonyl (C=O) groups excluding carboxylic acids is 2. The summed E-state index contributed by atoms with van der Waals surface area (Å²) in [7, 11) is 0. The minimum absolute atomic E-state index is 0.0320. The quantitative estimate of drug-likeness (QED) is 0.142. The molecule has 1 aliphatic heterocycles. The van der Waals surface area contributed by atoms with E-state index in [1.54, 1.807) is 38.1 Å². The fourth-order valence-electron chi connectivity index (χ4n) is 6.41. The van der Waals surface area contributed by atoms with Crippen molar-refractivity contribution >= 4 is 17.6 Å². The van der Waals surface area contributed by atoms with Crippen LogP contribution in [0.1, 0.15) is 47.5 Å². The van der Waals surface area contributed by atoms with E-state index in [4.69, 9.17) is 9.47 Å². The Morgan fingerprint density at radius 3 is 2.33 bits per heavy atom. The van der Waals surface area contributed by atoms with Gasteiger partial charge in [0, 0.05) is 48.9 Å². The molecule has 4 heterocycles.